The SMILES string of the molecule is COc1ccc(Cl)cc1C(=O)NC#N. The lowest BCUT2D eigenvalue weighted by Crippen LogP contribution is -2.18. The van der Waals surface area contributed by atoms with Gasteiger partial charge in [0.1, 0.15) is 5.75 Å². The van der Waals surface area contributed by atoms with Gasteiger partial charge >= 0.3 is 0 Å². The fraction of sp³-hybridized carbons (Fsp3) is 0.111. The molecular formula is C9H7ClN2O2. The number of hydrogen-bond acceptors (Lipinski definition) is 3. The molecule has 1 amide bonds. The van der Waals surface area contributed by atoms with Crippen LogP contribution >= 0.6 is 11.6 Å². The molecule has 0 aromatic heterocycles. The summed E-state index contributed by atoms with van der Waals surface area (Å²) >= 11 is 5.70. The van der Waals surface area contributed by atoms with Gasteiger partial charge in [0.2, 0.25) is 0 Å². The van der Waals surface area contributed by atoms with Crippen LogP contribution in [0.5, 0.6) is 5.75 Å². The molecule has 0 saturated heterocycles. The van der Waals surface area contributed by atoms with E-state index in [2.05, 4.69) is 0 Å². The van der Waals surface area contributed by atoms with Crippen LogP contribution in [-0.4, -0.2) is 13.0 Å². The third-order valence-corrected chi connectivity index (χ3v) is 1.81. The highest BCUT2D eigenvalue weighted by atomic mass is 35.5. The standard InChI is InChI=1S/C9H7ClN2O2/c1-14-8-3-2-6(10)4-7(8)9(13)12-5-11/h2-4H,1H3,(H,12,13). The zero-order valence-electron chi connectivity index (χ0n) is 7.37. The molecule has 5 heteroatoms. The molecule has 1 aromatic rings. The van der Waals surface area contributed by atoms with Crippen molar-refractivity contribution in [2.75, 3.05) is 7.11 Å². The highest BCUT2D eigenvalue weighted by molar-refractivity contribution is 6.31. The molecule has 72 valence electrons. The van der Waals surface area contributed by atoms with Crippen molar-refractivity contribution in [3.05, 3.63) is 28.8 Å². The fourth-order valence-corrected chi connectivity index (χ4v) is 1.15. The molecule has 0 fully saturated rings. The first-order valence-electron chi connectivity index (χ1n) is 3.72. The van der Waals surface area contributed by atoms with Crippen LogP contribution in [0.4, 0.5) is 0 Å². The average Bonchev–Trinajstić information content (AvgIpc) is 2.18. The van der Waals surface area contributed by atoms with Gasteiger partial charge in [0.05, 0.1) is 12.7 Å². The van der Waals surface area contributed by atoms with Crippen LogP contribution in [0.1, 0.15) is 10.4 Å². The van der Waals surface area contributed by atoms with Gasteiger partial charge in [-0.1, -0.05) is 11.6 Å². The van der Waals surface area contributed by atoms with Crippen molar-refractivity contribution in [2.24, 2.45) is 0 Å². The number of carbonyl (C=O) groups excluding carboxylic acids is 1. The number of benzene rings is 1. The number of ether oxygens (including phenoxy) is 1. The maximum absolute atomic E-state index is 11.3. The molecule has 0 aliphatic rings. The van der Waals surface area contributed by atoms with E-state index in [0.717, 1.165) is 0 Å². The summed E-state index contributed by atoms with van der Waals surface area (Å²) in [4.78, 5) is 11.3. The predicted molar refractivity (Wildman–Crippen MR) is 51.1 cm³/mol. The number of methoxy groups -OCH3 is 1. The summed E-state index contributed by atoms with van der Waals surface area (Å²) in [6, 6.07) is 4.60. The number of nitrogens with zero attached hydrogens (tertiary/aromatic N) is 1. The van der Waals surface area contributed by atoms with Gasteiger partial charge in [0.15, 0.2) is 6.19 Å². The molecule has 0 unspecified atom stereocenters. The number of rotatable bonds is 2. The summed E-state index contributed by atoms with van der Waals surface area (Å²) < 4.78 is 4.94. The van der Waals surface area contributed by atoms with Crippen molar-refractivity contribution in [3.8, 4) is 11.9 Å². The van der Waals surface area contributed by atoms with Crippen molar-refractivity contribution in [3.63, 3.8) is 0 Å². The lowest BCUT2D eigenvalue weighted by Gasteiger charge is -2.05. The van der Waals surface area contributed by atoms with Crippen molar-refractivity contribution >= 4 is 17.5 Å². The Hall–Kier alpha value is -1.73. The highest BCUT2D eigenvalue weighted by Crippen LogP contribution is 2.22. The Bertz CT molecular complexity index is 398. The van der Waals surface area contributed by atoms with Crippen molar-refractivity contribution in [2.45, 2.75) is 0 Å². The normalized spacial score (nSPS) is 8.93. The quantitative estimate of drug-likeness (QED) is 0.595. The molecule has 0 bridgehead atoms. The minimum Gasteiger partial charge on any atom is -0.496 e. The number of amides is 1. The maximum Gasteiger partial charge on any atom is 0.268 e. The van der Waals surface area contributed by atoms with Crippen LogP contribution in [-0.2, 0) is 0 Å². The minimum absolute atomic E-state index is 0.238. The Balaban J connectivity index is 3.11. The second kappa shape index (κ2) is 4.49. The summed E-state index contributed by atoms with van der Waals surface area (Å²) in [6.07, 6.45) is 1.54. The monoisotopic (exact) mass is 210 g/mol. The molecule has 0 aliphatic heterocycles. The Morgan fingerprint density at radius 2 is 2.36 bits per heavy atom. The highest BCUT2D eigenvalue weighted by Gasteiger charge is 2.11. The van der Waals surface area contributed by atoms with Crippen LogP contribution in [0.25, 0.3) is 0 Å². The Kier molecular flexibility index (Phi) is 3.32. The van der Waals surface area contributed by atoms with Gasteiger partial charge in [-0.3, -0.25) is 10.1 Å². The topological polar surface area (TPSA) is 62.1 Å². The van der Waals surface area contributed by atoms with E-state index >= 15 is 0 Å². The van der Waals surface area contributed by atoms with E-state index in [1.165, 1.54) is 19.4 Å². The number of halogens is 1. The zero-order valence-corrected chi connectivity index (χ0v) is 8.13. The second-order valence-electron chi connectivity index (χ2n) is 2.41. The molecule has 0 saturated carbocycles. The lowest BCUT2D eigenvalue weighted by atomic mass is 10.2. The molecule has 0 atom stereocenters. The van der Waals surface area contributed by atoms with E-state index in [9.17, 15) is 4.79 Å². The number of nitrogens with one attached hydrogen (secondary N) is 1. The summed E-state index contributed by atoms with van der Waals surface area (Å²) in [5.74, 6) is -0.158. The van der Waals surface area contributed by atoms with Gasteiger partial charge in [0, 0.05) is 5.02 Å². The van der Waals surface area contributed by atoms with Crippen molar-refractivity contribution < 1.29 is 9.53 Å². The maximum atomic E-state index is 11.3. The fourth-order valence-electron chi connectivity index (χ4n) is 0.976. The molecule has 0 aliphatic carbocycles. The molecule has 4 nitrogen and oxygen atoms in total. The first-order valence-corrected chi connectivity index (χ1v) is 4.10. The molecule has 1 aromatic carbocycles. The van der Waals surface area contributed by atoms with Crippen LogP contribution in [0.2, 0.25) is 5.02 Å². The van der Waals surface area contributed by atoms with Crippen LogP contribution < -0.4 is 10.1 Å². The van der Waals surface area contributed by atoms with Crippen LogP contribution in [0.3, 0.4) is 0 Å². The summed E-state index contributed by atoms with van der Waals surface area (Å²) in [7, 11) is 1.44. The molecular weight excluding hydrogens is 204 g/mol. The van der Waals surface area contributed by atoms with Crippen LogP contribution in [0.15, 0.2) is 18.2 Å². The molecule has 14 heavy (non-hydrogen) atoms. The van der Waals surface area contributed by atoms with E-state index in [0.29, 0.717) is 10.8 Å². The molecule has 0 spiro atoms. The Morgan fingerprint density at radius 1 is 1.64 bits per heavy atom. The van der Waals surface area contributed by atoms with E-state index < -0.39 is 5.91 Å². The largest absolute Gasteiger partial charge is 0.496 e. The summed E-state index contributed by atoms with van der Waals surface area (Å²) in [5.41, 5.74) is 0.238. The summed E-state index contributed by atoms with van der Waals surface area (Å²) in [5, 5.41) is 10.7. The van der Waals surface area contributed by atoms with Crippen molar-refractivity contribution in [1.82, 2.24) is 5.32 Å². The van der Waals surface area contributed by atoms with Gasteiger partial charge < -0.3 is 4.74 Å². The van der Waals surface area contributed by atoms with Gasteiger partial charge in [-0.25, -0.2) is 0 Å². The first kappa shape index (κ1) is 10.4. The van der Waals surface area contributed by atoms with Crippen LogP contribution in [0, 0.1) is 11.5 Å². The van der Waals surface area contributed by atoms with E-state index in [-0.39, 0.29) is 5.56 Å². The number of hydrogen-bond donors (Lipinski definition) is 1. The van der Waals surface area contributed by atoms with Gasteiger partial charge in [-0.2, -0.15) is 5.26 Å². The van der Waals surface area contributed by atoms with E-state index in [1.54, 1.807) is 12.1 Å². The molecule has 1 rings (SSSR count). The second-order valence-corrected chi connectivity index (χ2v) is 2.85. The predicted octanol–water partition coefficient (Wildman–Crippen LogP) is 1.56. The average molecular weight is 211 g/mol. The molecule has 0 heterocycles. The van der Waals surface area contributed by atoms with E-state index in [1.807, 2.05) is 5.32 Å². The van der Waals surface area contributed by atoms with Gasteiger partial charge in [-0.15, -0.1) is 0 Å². The van der Waals surface area contributed by atoms with Gasteiger partial charge in [-0.05, 0) is 18.2 Å². The third-order valence-electron chi connectivity index (χ3n) is 1.58. The zero-order chi connectivity index (χ0) is 10.6. The third kappa shape index (κ3) is 2.15. The molecule has 0 radical (unpaired) electrons. The number of carbonyl (C=O) groups is 1. The van der Waals surface area contributed by atoms with Gasteiger partial charge in [0.25, 0.3) is 5.91 Å². The van der Waals surface area contributed by atoms with E-state index in [4.69, 9.17) is 21.6 Å². The smallest absolute Gasteiger partial charge is 0.268 e. The lowest BCUT2D eigenvalue weighted by molar-refractivity contribution is 0.0970. The Morgan fingerprint density at radius 3 is 2.93 bits per heavy atom. The van der Waals surface area contributed by atoms with Crippen molar-refractivity contribution in [1.29, 1.82) is 5.26 Å². The molecule has 1 N–H and O–H groups in total. The Labute approximate surface area is 86.0 Å². The first-order chi connectivity index (χ1) is 6.69. The minimum atomic E-state index is -0.535. The number of nitriles is 1. The summed E-state index contributed by atoms with van der Waals surface area (Å²) in [6.45, 7) is 0.